The van der Waals surface area contributed by atoms with Gasteiger partial charge in [-0.25, -0.2) is 0 Å². The van der Waals surface area contributed by atoms with Crippen molar-refractivity contribution in [2.45, 2.75) is 83.8 Å². The van der Waals surface area contributed by atoms with Crippen molar-refractivity contribution in [1.29, 1.82) is 0 Å². The van der Waals surface area contributed by atoms with Crippen LogP contribution in [0.2, 0.25) is 5.02 Å². The van der Waals surface area contributed by atoms with Crippen molar-refractivity contribution >= 4 is 23.0 Å². The molecule has 1 unspecified atom stereocenters. The minimum absolute atomic E-state index is 0.0524. The monoisotopic (exact) mass is 518 g/mol. The van der Waals surface area contributed by atoms with Crippen LogP contribution in [0.3, 0.4) is 0 Å². The van der Waals surface area contributed by atoms with Gasteiger partial charge in [0.15, 0.2) is 0 Å². The summed E-state index contributed by atoms with van der Waals surface area (Å²) in [7, 11) is 0. The summed E-state index contributed by atoms with van der Waals surface area (Å²) in [5, 5.41) is 18.5. The van der Waals surface area contributed by atoms with Crippen LogP contribution in [0.5, 0.6) is 0 Å². The molecule has 1 N–H and O–H groups in total. The Morgan fingerprint density at radius 2 is 1.86 bits per heavy atom. The van der Waals surface area contributed by atoms with E-state index in [0.29, 0.717) is 11.3 Å². The number of para-hydroxylation sites is 1. The second-order valence-corrected chi connectivity index (χ2v) is 13.4. The Hall–Kier alpha value is -2.04. The minimum Gasteiger partial charge on any atom is -0.467 e. The molecule has 2 heterocycles. The Morgan fingerprint density at radius 3 is 2.68 bits per heavy atom. The molecule has 1 aliphatic heterocycles. The molecule has 0 radical (unpaired) electrons. The fraction of sp³-hybridized carbons (Fsp3) is 0.594. The largest absolute Gasteiger partial charge is 0.467 e. The van der Waals surface area contributed by atoms with Crippen molar-refractivity contribution in [2.75, 3.05) is 5.01 Å². The number of aliphatic hydroxyl groups excluding tert-OH is 1. The lowest BCUT2D eigenvalue weighted by Crippen LogP contribution is -2.51. The molecule has 0 saturated heterocycles. The Labute approximate surface area is 225 Å². The second kappa shape index (κ2) is 8.74. The highest BCUT2D eigenvalue weighted by Crippen LogP contribution is 2.67. The molecule has 3 fully saturated rings. The molecule has 0 spiro atoms. The third kappa shape index (κ3) is 3.61. The molecule has 3 saturated carbocycles. The number of fused-ring (bicyclic) bond motifs is 5. The lowest BCUT2D eigenvalue weighted by atomic mass is 9.47. The number of allylic oxidation sites excluding steroid dienone is 1. The van der Waals surface area contributed by atoms with E-state index in [1.54, 1.807) is 11.8 Å². The molecule has 0 amide bonds. The van der Waals surface area contributed by atoms with Gasteiger partial charge in [0.2, 0.25) is 0 Å². The summed E-state index contributed by atoms with van der Waals surface area (Å²) >= 11 is 6.67. The molecule has 4 nitrogen and oxygen atoms in total. The maximum atomic E-state index is 10.3. The van der Waals surface area contributed by atoms with Gasteiger partial charge in [0, 0.05) is 18.1 Å². The second-order valence-electron chi connectivity index (χ2n) is 13.0. The average Bonchev–Trinajstić information content (AvgIpc) is 3.63. The van der Waals surface area contributed by atoms with Crippen LogP contribution in [0.4, 0.5) is 5.69 Å². The molecule has 1 aromatic heterocycles. The van der Waals surface area contributed by atoms with Crippen LogP contribution in [-0.4, -0.2) is 16.9 Å². The number of anilines is 1. The first kappa shape index (κ1) is 24.0. The first-order chi connectivity index (χ1) is 17.9. The number of rotatable bonds is 3. The summed E-state index contributed by atoms with van der Waals surface area (Å²) < 4.78 is 5.91. The normalized spacial score (nSPS) is 41.0. The number of hydrogen-bond donors (Lipinski definition) is 1. The molecule has 1 aromatic carbocycles. The van der Waals surface area contributed by atoms with E-state index < -0.39 is 0 Å². The number of furan rings is 1. The van der Waals surface area contributed by atoms with Gasteiger partial charge in [-0.3, -0.25) is 5.01 Å². The Bertz CT molecular complexity index is 1240. The van der Waals surface area contributed by atoms with E-state index in [1.165, 1.54) is 37.8 Å². The molecular formula is C32H39ClN2O2. The Morgan fingerprint density at radius 1 is 1.00 bits per heavy atom. The zero-order valence-electron chi connectivity index (χ0n) is 22.1. The Balaban J connectivity index is 1.20. The highest BCUT2D eigenvalue weighted by atomic mass is 35.5. The van der Waals surface area contributed by atoms with Crippen molar-refractivity contribution < 1.29 is 9.52 Å². The van der Waals surface area contributed by atoms with Gasteiger partial charge < -0.3 is 9.52 Å². The van der Waals surface area contributed by atoms with Crippen LogP contribution < -0.4 is 5.01 Å². The van der Waals surface area contributed by atoms with Gasteiger partial charge in [-0.15, -0.1) is 0 Å². The maximum absolute atomic E-state index is 10.3. The van der Waals surface area contributed by atoms with E-state index in [1.807, 2.05) is 24.3 Å². The molecule has 0 bridgehead atoms. The molecule has 196 valence electrons. The van der Waals surface area contributed by atoms with E-state index in [0.717, 1.165) is 59.9 Å². The number of nitrogens with zero attached hydrogens (tertiary/aromatic N) is 2. The summed E-state index contributed by atoms with van der Waals surface area (Å²) in [6.07, 6.45) is 14.4. The molecule has 5 heteroatoms. The topological polar surface area (TPSA) is 49.0 Å². The number of hydrogen-bond acceptors (Lipinski definition) is 4. The van der Waals surface area contributed by atoms with Crippen LogP contribution >= 0.6 is 11.6 Å². The van der Waals surface area contributed by atoms with Gasteiger partial charge in [0.05, 0.1) is 23.1 Å². The summed E-state index contributed by atoms with van der Waals surface area (Å²) in [6, 6.07) is 12.1. The first-order valence-corrected chi connectivity index (χ1v) is 14.8. The molecular weight excluding hydrogens is 480 g/mol. The minimum atomic E-state index is -0.135. The van der Waals surface area contributed by atoms with Crippen molar-refractivity contribution in [2.24, 2.45) is 39.6 Å². The molecule has 8 atom stereocenters. The highest BCUT2D eigenvalue weighted by Gasteiger charge is 2.60. The van der Waals surface area contributed by atoms with Crippen LogP contribution in [-0.2, 0) is 0 Å². The van der Waals surface area contributed by atoms with Crippen LogP contribution in [0.25, 0.3) is 0 Å². The maximum Gasteiger partial charge on any atom is 0.128 e. The fourth-order valence-electron chi connectivity index (χ4n) is 9.50. The molecule has 37 heavy (non-hydrogen) atoms. The van der Waals surface area contributed by atoms with Gasteiger partial charge in [-0.2, -0.15) is 5.10 Å². The number of hydrazone groups is 1. The first-order valence-electron chi connectivity index (χ1n) is 14.4. The summed E-state index contributed by atoms with van der Waals surface area (Å²) in [5.74, 6) is 3.74. The van der Waals surface area contributed by atoms with E-state index in [4.69, 9.17) is 21.1 Å². The van der Waals surface area contributed by atoms with Crippen LogP contribution in [0.15, 0.2) is 63.8 Å². The summed E-state index contributed by atoms with van der Waals surface area (Å²) in [5.41, 5.74) is 4.44. The number of aliphatic hydroxyl groups is 1. The van der Waals surface area contributed by atoms with Crippen molar-refractivity contribution in [1.82, 2.24) is 0 Å². The lowest BCUT2D eigenvalue weighted by Gasteiger charge is -2.58. The molecule has 2 aromatic rings. The standard InChI is InChI=1S/C32H39ClN2O2/c1-31-15-13-21(36)18-20(31)9-10-22-23-11-12-25(32(23,2)16-14-24(22)31)27-19-29(30-8-5-17-37-30)35(34-27)28-7-4-3-6-26(28)33/h3-9,17,21-25,29,36H,10-16,18-19H2,1-2H3/t21-,22-,23-,24-,25+,29?,31-,32-/m0/s1. The zero-order valence-corrected chi connectivity index (χ0v) is 22.8. The molecule has 5 aliphatic rings. The zero-order chi connectivity index (χ0) is 25.4. The Kier molecular flexibility index (Phi) is 5.68. The van der Waals surface area contributed by atoms with Crippen LogP contribution in [0.1, 0.15) is 83.4 Å². The predicted octanol–water partition coefficient (Wildman–Crippen LogP) is 8.18. The smallest absolute Gasteiger partial charge is 0.128 e. The van der Waals surface area contributed by atoms with E-state index >= 15 is 0 Å². The van der Waals surface area contributed by atoms with Crippen molar-refractivity contribution in [3.63, 3.8) is 0 Å². The van der Waals surface area contributed by atoms with E-state index in [-0.39, 0.29) is 17.6 Å². The van der Waals surface area contributed by atoms with Gasteiger partial charge in [0.25, 0.3) is 0 Å². The third-order valence-corrected chi connectivity index (χ3v) is 11.7. The average molecular weight is 519 g/mol. The van der Waals surface area contributed by atoms with Crippen LogP contribution in [0, 0.1) is 34.5 Å². The SMILES string of the molecule is C[C@]12CC[C@H]3[C@@H](CC=C4C[C@@H](O)CC[C@@]43C)[C@@H]1CC[C@@H]2C1=NN(c2ccccc2Cl)C(c2ccco2)C1. The van der Waals surface area contributed by atoms with E-state index in [9.17, 15) is 5.11 Å². The van der Waals surface area contributed by atoms with E-state index in [2.05, 4.69) is 37.1 Å². The fourth-order valence-corrected chi connectivity index (χ4v) is 9.72. The van der Waals surface area contributed by atoms with Crippen molar-refractivity contribution in [3.8, 4) is 0 Å². The predicted molar refractivity (Wildman–Crippen MR) is 149 cm³/mol. The lowest BCUT2D eigenvalue weighted by molar-refractivity contribution is -0.0424. The highest BCUT2D eigenvalue weighted by molar-refractivity contribution is 6.33. The van der Waals surface area contributed by atoms with Crippen molar-refractivity contribution in [3.05, 3.63) is 65.1 Å². The molecule has 4 aliphatic carbocycles. The summed E-state index contributed by atoms with van der Waals surface area (Å²) in [6.45, 7) is 5.10. The quantitative estimate of drug-likeness (QED) is 0.417. The van der Waals surface area contributed by atoms with Gasteiger partial charge in [-0.1, -0.05) is 49.2 Å². The molecule has 7 rings (SSSR count). The van der Waals surface area contributed by atoms with Gasteiger partial charge in [0.1, 0.15) is 11.8 Å². The van der Waals surface area contributed by atoms with Gasteiger partial charge in [-0.05, 0) is 104 Å². The van der Waals surface area contributed by atoms with Gasteiger partial charge >= 0.3 is 0 Å². The third-order valence-electron chi connectivity index (χ3n) is 11.4. The number of halogens is 1. The number of benzene rings is 1. The summed E-state index contributed by atoms with van der Waals surface area (Å²) in [4.78, 5) is 0.